The van der Waals surface area contributed by atoms with Gasteiger partial charge >= 0.3 is 0 Å². The summed E-state index contributed by atoms with van der Waals surface area (Å²) < 4.78 is 11.4. The van der Waals surface area contributed by atoms with Crippen LogP contribution in [0.2, 0.25) is 5.02 Å². The number of nitrogens with zero attached hydrogens (tertiary/aromatic N) is 1. The van der Waals surface area contributed by atoms with Gasteiger partial charge in [-0.2, -0.15) is 0 Å². The largest absolute Gasteiger partial charge is 0.493 e. The van der Waals surface area contributed by atoms with E-state index in [1.54, 1.807) is 19.4 Å². The molecule has 0 radical (unpaired) electrons. The number of nitrogens with one attached hydrogen (secondary N) is 1. The van der Waals surface area contributed by atoms with Gasteiger partial charge < -0.3 is 14.8 Å². The first kappa shape index (κ1) is 18.2. The number of pyridine rings is 1. The summed E-state index contributed by atoms with van der Waals surface area (Å²) in [6, 6.07) is 19.6. The second-order valence-electron chi connectivity index (χ2n) is 5.79. The first-order valence-corrected chi connectivity index (χ1v) is 8.78. The summed E-state index contributed by atoms with van der Waals surface area (Å²) in [6.45, 7) is 1.75. The van der Waals surface area contributed by atoms with Crippen molar-refractivity contribution in [3.63, 3.8) is 0 Å². The summed E-state index contributed by atoms with van der Waals surface area (Å²) in [6.07, 6.45) is 1.78. The lowest BCUT2D eigenvalue weighted by molar-refractivity contribution is 0.284. The molecule has 1 heterocycles. The Kier molecular flexibility index (Phi) is 6.47. The Morgan fingerprint density at radius 2 is 1.77 bits per heavy atom. The van der Waals surface area contributed by atoms with Crippen LogP contribution in [0, 0.1) is 0 Å². The predicted molar refractivity (Wildman–Crippen MR) is 104 cm³/mol. The van der Waals surface area contributed by atoms with Crippen molar-refractivity contribution in [1.82, 2.24) is 10.3 Å². The molecular formula is C21H21ClN2O2. The van der Waals surface area contributed by atoms with Crippen molar-refractivity contribution >= 4 is 11.6 Å². The molecular weight excluding hydrogens is 348 g/mol. The number of aromatic nitrogens is 1. The average molecular weight is 369 g/mol. The van der Waals surface area contributed by atoms with Gasteiger partial charge in [0, 0.05) is 30.4 Å². The third kappa shape index (κ3) is 4.97. The number of hydrogen-bond donors (Lipinski definition) is 1. The predicted octanol–water partition coefficient (Wildman–Crippen LogP) is 4.61. The quantitative estimate of drug-likeness (QED) is 0.630. The molecule has 1 aromatic heterocycles. The minimum absolute atomic E-state index is 0.463. The van der Waals surface area contributed by atoms with Crippen LogP contribution in [-0.4, -0.2) is 12.1 Å². The highest BCUT2D eigenvalue weighted by Gasteiger charge is 2.11. The second kappa shape index (κ2) is 9.22. The van der Waals surface area contributed by atoms with E-state index in [4.69, 9.17) is 21.1 Å². The van der Waals surface area contributed by atoms with Crippen LogP contribution in [0.4, 0.5) is 0 Å². The highest BCUT2D eigenvalue weighted by atomic mass is 35.5. The first-order chi connectivity index (χ1) is 12.8. The third-order valence-electron chi connectivity index (χ3n) is 3.92. The maximum absolute atomic E-state index is 6.43. The zero-order valence-electron chi connectivity index (χ0n) is 14.6. The molecule has 0 aliphatic heterocycles. The van der Waals surface area contributed by atoms with Crippen molar-refractivity contribution in [1.29, 1.82) is 0 Å². The van der Waals surface area contributed by atoms with E-state index in [0.717, 1.165) is 16.8 Å². The monoisotopic (exact) mass is 368 g/mol. The maximum Gasteiger partial charge on any atom is 0.163 e. The zero-order chi connectivity index (χ0) is 18.2. The Bertz CT molecular complexity index is 826. The van der Waals surface area contributed by atoms with E-state index in [1.165, 1.54) is 0 Å². The van der Waals surface area contributed by atoms with E-state index in [9.17, 15) is 0 Å². The molecule has 1 N–H and O–H groups in total. The molecule has 0 saturated carbocycles. The fraction of sp³-hybridized carbons (Fsp3) is 0.190. The Morgan fingerprint density at radius 1 is 0.962 bits per heavy atom. The third-order valence-corrected chi connectivity index (χ3v) is 4.27. The van der Waals surface area contributed by atoms with Gasteiger partial charge in [0.15, 0.2) is 11.5 Å². The van der Waals surface area contributed by atoms with Crippen molar-refractivity contribution in [2.45, 2.75) is 19.7 Å². The molecule has 0 aliphatic rings. The van der Waals surface area contributed by atoms with E-state index in [0.29, 0.717) is 36.2 Å². The molecule has 0 amide bonds. The summed E-state index contributed by atoms with van der Waals surface area (Å²) >= 11 is 6.43. The Morgan fingerprint density at radius 3 is 2.50 bits per heavy atom. The fourth-order valence-electron chi connectivity index (χ4n) is 2.55. The van der Waals surface area contributed by atoms with E-state index in [2.05, 4.69) is 10.3 Å². The number of rotatable bonds is 8. The van der Waals surface area contributed by atoms with Gasteiger partial charge in [-0.1, -0.05) is 48.0 Å². The van der Waals surface area contributed by atoms with E-state index in [1.807, 2.05) is 54.6 Å². The molecule has 3 rings (SSSR count). The molecule has 26 heavy (non-hydrogen) atoms. The van der Waals surface area contributed by atoms with Gasteiger partial charge in [-0.05, 0) is 29.3 Å². The molecule has 0 spiro atoms. The second-order valence-corrected chi connectivity index (χ2v) is 6.20. The molecule has 134 valence electrons. The van der Waals surface area contributed by atoms with Crippen LogP contribution in [0.25, 0.3) is 0 Å². The number of methoxy groups -OCH3 is 1. The van der Waals surface area contributed by atoms with Gasteiger partial charge in [-0.3, -0.25) is 4.98 Å². The molecule has 5 heteroatoms. The van der Waals surface area contributed by atoms with Crippen molar-refractivity contribution < 1.29 is 9.47 Å². The molecule has 0 atom stereocenters. The number of benzene rings is 2. The molecule has 4 nitrogen and oxygen atoms in total. The van der Waals surface area contributed by atoms with Crippen molar-refractivity contribution in [2.24, 2.45) is 0 Å². The lowest BCUT2D eigenvalue weighted by Crippen LogP contribution is -2.14. The summed E-state index contributed by atoms with van der Waals surface area (Å²) in [7, 11) is 1.63. The number of hydrogen-bond acceptors (Lipinski definition) is 4. The van der Waals surface area contributed by atoms with Gasteiger partial charge in [0.1, 0.15) is 6.61 Å². The van der Waals surface area contributed by atoms with E-state index >= 15 is 0 Å². The number of ether oxygens (including phenoxy) is 2. The smallest absolute Gasteiger partial charge is 0.163 e. The van der Waals surface area contributed by atoms with Gasteiger partial charge in [-0.15, -0.1) is 0 Å². The first-order valence-electron chi connectivity index (χ1n) is 8.40. The molecule has 0 fully saturated rings. The molecule has 0 aliphatic carbocycles. The van der Waals surface area contributed by atoms with Crippen LogP contribution in [0.3, 0.4) is 0 Å². The summed E-state index contributed by atoms with van der Waals surface area (Å²) in [5.74, 6) is 1.30. The molecule has 0 saturated heterocycles. The number of halogens is 1. The normalized spacial score (nSPS) is 10.5. The van der Waals surface area contributed by atoms with E-state index < -0.39 is 0 Å². The highest BCUT2D eigenvalue weighted by Crippen LogP contribution is 2.34. The molecule has 3 aromatic rings. The van der Waals surface area contributed by atoms with Gasteiger partial charge in [0.05, 0.1) is 12.8 Å². The fourth-order valence-corrected chi connectivity index (χ4v) is 2.77. The average Bonchev–Trinajstić information content (AvgIpc) is 2.69. The van der Waals surface area contributed by atoms with E-state index in [-0.39, 0.29) is 0 Å². The van der Waals surface area contributed by atoms with Crippen LogP contribution in [0.5, 0.6) is 11.5 Å². The topological polar surface area (TPSA) is 43.4 Å². The minimum Gasteiger partial charge on any atom is -0.493 e. The van der Waals surface area contributed by atoms with Gasteiger partial charge in [0.2, 0.25) is 0 Å². The Labute approximate surface area is 158 Å². The Balaban J connectivity index is 1.64. The SMILES string of the molecule is COc1cc(CNCc2ccccn2)c(Cl)cc1OCc1ccccc1. The lowest BCUT2D eigenvalue weighted by Gasteiger charge is -2.14. The zero-order valence-corrected chi connectivity index (χ0v) is 15.4. The molecule has 2 aromatic carbocycles. The van der Waals surface area contributed by atoms with Crippen LogP contribution in [-0.2, 0) is 19.7 Å². The lowest BCUT2D eigenvalue weighted by atomic mass is 10.2. The standard InChI is InChI=1S/C21H21ClN2O2/c1-25-20-11-17(13-23-14-18-9-5-6-10-24-18)19(22)12-21(20)26-15-16-7-3-2-4-8-16/h2-12,23H,13-15H2,1H3. The summed E-state index contributed by atoms with van der Waals surface area (Å²) in [5, 5.41) is 3.99. The summed E-state index contributed by atoms with van der Waals surface area (Å²) in [5.41, 5.74) is 3.02. The Hall–Kier alpha value is -2.56. The van der Waals surface area contributed by atoms with Crippen molar-refractivity contribution in [3.05, 3.63) is 88.7 Å². The van der Waals surface area contributed by atoms with Crippen LogP contribution >= 0.6 is 11.6 Å². The van der Waals surface area contributed by atoms with Crippen LogP contribution in [0.1, 0.15) is 16.8 Å². The van der Waals surface area contributed by atoms with Crippen LogP contribution < -0.4 is 14.8 Å². The maximum atomic E-state index is 6.43. The summed E-state index contributed by atoms with van der Waals surface area (Å²) in [4.78, 5) is 4.29. The van der Waals surface area contributed by atoms with Crippen molar-refractivity contribution in [2.75, 3.05) is 7.11 Å². The highest BCUT2D eigenvalue weighted by molar-refractivity contribution is 6.31. The minimum atomic E-state index is 0.463. The molecule has 0 bridgehead atoms. The van der Waals surface area contributed by atoms with Gasteiger partial charge in [0.25, 0.3) is 0 Å². The molecule has 0 unspecified atom stereocenters. The van der Waals surface area contributed by atoms with Crippen LogP contribution in [0.15, 0.2) is 66.9 Å². The van der Waals surface area contributed by atoms with Crippen molar-refractivity contribution in [3.8, 4) is 11.5 Å². The van der Waals surface area contributed by atoms with Gasteiger partial charge in [-0.25, -0.2) is 0 Å².